The molecule has 0 unspecified atom stereocenters. The maximum absolute atomic E-state index is 12.4. The van der Waals surface area contributed by atoms with Crippen molar-refractivity contribution in [2.75, 3.05) is 11.1 Å². The third-order valence-electron chi connectivity index (χ3n) is 3.45. The molecule has 0 aliphatic carbocycles. The summed E-state index contributed by atoms with van der Waals surface area (Å²) in [6, 6.07) is 9.52. The lowest BCUT2D eigenvalue weighted by Crippen LogP contribution is -2.14. The van der Waals surface area contributed by atoms with Crippen LogP contribution in [0.1, 0.15) is 41.6 Å². The molecule has 0 aliphatic rings. The van der Waals surface area contributed by atoms with E-state index in [-0.39, 0.29) is 5.91 Å². The molecule has 0 saturated heterocycles. The van der Waals surface area contributed by atoms with Crippen molar-refractivity contribution < 1.29 is 4.79 Å². The minimum atomic E-state index is -0.122. The van der Waals surface area contributed by atoms with E-state index in [0.717, 1.165) is 11.4 Å². The number of carbonyl (C=O) groups is 1. The van der Waals surface area contributed by atoms with Gasteiger partial charge in [0.25, 0.3) is 5.91 Å². The number of hydrogen-bond acceptors (Lipinski definition) is 2. The Kier molecular flexibility index (Phi) is 3.84. The summed E-state index contributed by atoms with van der Waals surface area (Å²) >= 11 is 0. The maximum atomic E-state index is 12.4. The molecule has 0 bridgehead atoms. The predicted octanol–water partition coefficient (Wildman–Crippen LogP) is 3.52. The smallest absolute Gasteiger partial charge is 0.257 e. The Bertz CT molecular complexity index is 641. The highest BCUT2D eigenvalue weighted by molar-refractivity contribution is 6.06. The average Bonchev–Trinajstić information content (AvgIpc) is 2.67. The number of nitrogens with two attached hydrogens (primary N) is 1. The minimum Gasteiger partial charge on any atom is -0.397 e. The number of rotatable bonds is 3. The van der Waals surface area contributed by atoms with Crippen molar-refractivity contribution in [1.82, 2.24) is 4.57 Å². The molecule has 0 aliphatic heterocycles. The molecule has 0 radical (unpaired) electrons. The molecule has 20 heavy (non-hydrogen) atoms. The standard InChI is InChI=1S/C16H21N3O/c1-10(2)19-11(3)9-13(12(19)4)16(20)18-15-8-6-5-7-14(15)17/h5-10H,17H2,1-4H3,(H,18,20). The van der Waals surface area contributed by atoms with Crippen LogP contribution in [0.25, 0.3) is 0 Å². The lowest BCUT2D eigenvalue weighted by atomic mass is 10.2. The van der Waals surface area contributed by atoms with Crippen LogP contribution in [0.3, 0.4) is 0 Å². The molecule has 0 fully saturated rings. The van der Waals surface area contributed by atoms with Gasteiger partial charge in [-0.3, -0.25) is 4.79 Å². The van der Waals surface area contributed by atoms with Gasteiger partial charge in [-0.15, -0.1) is 0 Å². The molecule has 0 atom stereocenters. The van der Waals surface area contributed by atoms with Crippen molar-refractivity contribution in [1.29, 1.82) is 0 Å². The second-order valence-electron chi connectivity index (χ2n) is 5.29. The number of aryl methyl sites for hydroxylation is 1. The minimum absolute atomic E-state index is 0.122. The van der Waals surface area contributed by atoms with Crippen LogP contribution in [0.15, 0.2) is 30.3 Å². The number of benzene rings is 1. The summed E-state index contributed by atoms with van der Waals surface area (Å²) < 4.78 is 2.16. The Morgan fingerprint density at radius 2 is 1.90 bits per heavy atom. The van der Waals surface area contributed by atoms with Crippen molar-refractivity contribution in [2.24, 2.45) is 0 Å². The Hall–Kier alpha value is -2.23. The van der Waals surface area contributed by atoms with E-state index in [1.54, 1.807) is 12.1 Å². The van der Waals surface area contributed by atoms with Crippen LogP contribution in [0.5, 0.6) is 0 Å². The first kappa shape index (κ1) is 14.2. The van der Waals surface area contributed by atoms with Crippen molar-refractivity contribution in [3.8, 4) is 0 Å². The van der Waals surface area contributed by atoms with Gasteiger partial charge in [-0.05, 0) is 45.9 Å². The fourth-order valence-corrected chi connectivity index (χ4v) is 2.60. The van der Waals surface area contributed by atoms with Crippen molar-refractivity contribution in [3.63, 3.8) is 0 Å². The molecule has 106 valence electrons. The molecule has 0 saturated carbocycles. The normalized spacial score (nSPS) is 10.8. The SMILES string of the molecule is Cc1cc(C(=O)Nc2ccccc2N)c(C)n1C(C)C. The van der Waals surface area contributed by atoms with Gasteiger partial charge in [0.05, 0.1) is 16.9 Å². The summed E-state index contributed by atoms with van der Waals surface area (Å²) in [5.74, 6) is -0.122. The van der Waals surface area contributed by atoms with Gasteiger partial charge in [-0.2, -0.15) is 0 Å². The van der Waals surface area contributed by atoms with Crippen LogP contribution in [0.4, 0.5) is 11.4 Å². The molecule has 0 spiro atoms. The Labute approximate surface area is 119 Å². The first-order valence-corrected chi connectivity index (χ1v) is 6.76. The van der Waals surface area contributed by atoms with Crippen LogP contribution < -0.4 is 11.1 Å². The van der Waals surface area contributed by atoms with Crippen molar-refractivity contribution in [3.05, 3.63) is 47.3 Å². The highest BCUT2D eigenvalue weighted by Gasteiger charge is 2.17. The quantitative estimate of drug-likeness (QED) is 0.839. The van der Waals surface area contributed by atoms with Gasteiger partial charge < -0.3 is 15.6 Å². The number of nitrogen functional groups attached to an aromatic ring is 1. The van der Waals surface area contributed by atoms with E-state index in [1.807, 2.05) is 32.0 Å². The molecule has 2 rings (SSSR count). The van der Waals surface area contributed by atoms with E-state index in [4.69, 9.17) is 5.73 Å². The number of amides is 1. The van der Waals surface area contributed by atoms with Gasteiger partial charge in [-0.1, -0.05) is 12.1 Å². The van der Waals surface area contributed by atoms with E-state index in [1.165, 1.54) is 0 Å². The zero-order valence-corrected chi connectivity index (χ0v) is 12.4. The lowest BCUT2D eigenvalue weighted by Gasteiger charge is -2.14. The second-order valence-corrected chi connectivity index (χ2v) is 5.29. The molecule has 4 heteroatoms. The Morgan fingerprint density at radius 1 is 1.25 bits per heavy atom. The molecule has 3 N–H and O–H groups in total. The summed E-state index contributed by atoms with van der Waals surface area (Å²) in [7, 11) is 0. The number of carbonyl (C=O) groups excluding carboxylic acids is 1. The van der Waals surface area contributed by atoms with Gasteiger partial charge in [0, 0.05) is 17.4 Å². The largest absolute Gasteiger partial charge is 0.397 e. The predicted molar refractivity (Wildman–Crippen MR) is 83.1 cm³/mol. The average molecular weight is 271 g/mol. The van der Waals surface area contributed by atoms with Gasteiger partial charge in [0.2, 0.25) is 0 Å². The summed E-state index contributed by atoms with van der Waals surface area (Å²) in [6.45, 7) is 8.20. The fourth-order valence-electron chi connectivity index (χ4n) is 2.60. The zero-order valence-electron chi connectivity index (χ0n) is 12.4. The van der Waals surface area contributed by atoms with Crippen LogP contribution in [0, 0.1) is 13.8 Å². The number of aromatic nitrogens is 1. The van der Waals surface area contributed by atoms with Crippen LogP contribution in [-0.2, 0) is 0 Å². The molecule has 1 aromatic heterocycles. The lowest BCUT2D eigenvalue weighted by molar-refractivity contribution is 0.102. The number of anilines is 2. The topological polar surface area (TPSA) is 60.1 Å². The highest BCUT2D eigenvalue weighted by atomic mass is 16.1. The van der Waals surface area contributed by atoms with Crippen molar-refractivity contribution in [2.45, 2.75) is 33.7 Å². The number of nitrogens with one attached hydrogen (secondary N) is 1. The van der Waals surface area contributed by atoms with Crippen LogP contribution >= 0.6 is 0 Å². The van der Waals surface area contributed by atoms with Crippen molar-refractivity contribution >= 4 is 17.3 Å². The third-order valence-corrected chi connectivity index (χ3v) is 3.45. The molecular formula is C16H21N3O. The maximum Gasteiger partial charge on any atom is 0.257 e. The van der Waals surface area contributed by atoms with Gasteiger partial charge >= 0.3 is 0 Å². The number of nitrogens with zero attached hydrogens (tertiary/aromatic N) is 1. The van der Waals surface area contributed by atoms with Gasteiger partial charge in [0.15, 0.2) is 0 Å². The molecule has 1 aromatic carbocycles. The van der Waals surface area contributed by atoms with E-state index in [9.17, 15) is 4.79 Å². The monoisotopic (exact) mass is 271 g/mol. The first-order valence-electron chi connectivity index (χ1n) is 6.76. The molecule has 1 heterocycles. The summed E-state index contributed by atoms with van der Waals surface area (Å²) in [4.78, 5) is 12.4. The summed E-state index contributed by atoms with van der Waals surface area (Å²) in [6.07, 6.45) is 0. The Balaban J connectivity index is 2.31. The zero-order chi connectivity index (χ0) is 14.9. The van der Waals surface area contributed by atoms with Gasteiger partial charge in [-0.25, -0.2) is 0 Å². The highest BCUT2D eigenvalue weighted by Crippen LogP contribution is 2.23. The van der Waals surface area contributed by atoms with E-state index in [2.05, 4.69) is 23.7 Å². The van der Waals surface area contributed by atoms with Crippen LogP contribution in [-0.4, -0.2) is 10.5 Å². The molecule has 2 aromatic rings. The number of para-hydroxylation sites is 2. The third kappa shape index (κ3) is 2.54. The second kappa shape index (κ2) is 5.41. The fraction of sp³-hybridized carbons (Fsp3) is 0.312. The van der Waals surface area contributed by atoms with Crippen LogP contribution in [0.2, 0.25) is 0 Å². The van der Waals surface area contributed by atoms with E-state index < -0.39 is 0 Å². The summed E-state index contributed by atoms with van der Waals surface area (Å²) in [5, 5.41) is 2.87. The molecule has 4 nitrogen and oxygen atoms in total. The number of hydrogen-bond donors (Lipinski definition) is 2. The summed E-state index contributed by atoms with van der Waals surface area (Å²) in [5.41, 5.74) is 9.82. The van der Waals surface area contributed by atoms with E-state index in [0.29, 0.717) is 23.0 Å². The van der Waals surface area contributed by atoms with E-state index >= 15 is 0 Å². The Morgan fingerprint density at radius 3 is 2.45 bits per heavy atom. The molecule has 1 amide bonds. The first-order chi connectivity index (χ1) is 9.41. The molecular weight excluding hydrogens is 250 g/mol. The van der Waals surface area contributed by atoms with Gasteiger partial charge in [0.1, 0.15) is 0 Å².